The van der Waals surface area contributed by atoms with Crippen molar-refractivity contribution in [2.24, 2.45) is 0 Å². The summed E-state index contributed by atoms with van der Waals surface area (Å²) in [5, 5.41) is 8.46. The first-order valence-corrected chi connectivity index (χ1v) is 3.03. The summed E-state index contributed by atoms with van der Waals surface area (Å²) in [6.45, 7) is 0. The molecule has 0 atom stereocenters. The van der Waals surface area contributed by atoms with Gasteiger partial charge in [0, 0.05) is 11.1 Å². The Kier molecular flexibility index (Phi) is 1.78. The molecule has 0 saturated heterocycles. The van der Waals surface area contributed by atoms with Gasteiger partial charge in [0.15, 0.2) is 0 Å². The van der Waals surface area contributed by atoms with Gasteiger partial charge in [-0.3, -0.25) is 0 Å². The fourth-order valence-electron chi connectivity index (χ4n) is 0.554. The average molecular weight is 151 g/mol. The molecule has 50 valence electrons. The van der Waals surface area contributed by atoms with E-state index >= 15 is 0 Å². The molecule has 0 fully saturated rings. The van der Waals surface area contributed by atoms with Crippen LogP contribution in [0, 0.1) is 11.3 Å². The Hall–Kier alpha value is -1.21. The highest BCUT2D eigenvalue weighted by Crippen LogP contribution is 2.12. The summed E-state index contributed by atoms with van der Waals surface area (Å²) in [5.41, 5.74) is 5.76. The monoisotopic (exact) mass is 151 g/mol. The van der Waals surface area contributed by atoms with E-state index in [1.807, 2.05) is 6.07 Å². The molecule has 0 aliphatic heterocycles. The van der Waals surface area contributed by atoms with E-state index < -0.39 is 0 Å². The molecule has 1 heterocycles. The number of rotatable bonds is 0. The molecule has 0 aromatic carbocycles. The van der Waals surface area contributed by atoms with Gasteiger partial charge in [0.2, 0.25) is 0 Å². The maximum absolute atomic E-state index is 8.46. The second-order valence-electron chi connectivity index (χ2n) is 1.74. The topological polar surface area (TPSA) is 62.7 Å². The lowest BCUT2D eigenvalue weighted by molar-refractivity contribution is 1.23. The molecule has 0 aliphatic rings. The standard InChI is InChI=1S/C6H5N3S/c7-2-4-1-6(8)9-3-5(4)10/h1,3,10H,(H2,8,9). The zero-order valence-electron chi connectivity index (χ0n) is 5.07. The first-order chi connectivity index (χ1) is 4.74. The molecular formula is C6H5N3S. The van der Waals surface area contributed by atoms with Gasteiger partial charge in [-0.25, -0.2) is 4.98 Å². The van der Waals surface area contributed by atoms with Crippen molar-refractivity contribution >= 4 is 18.4 Å². The van der Waals surface area contributed by atoms with Crippen LogP contribution in [-0.2, 0) is 0 Å². The van der Waals surface area contributed by atoms with Gasteiger partial charge in [0.05, 0.1) is 5.56 Å². The van der Waals surface area contributed by atoms with Crippen molar-refractivity contribution in [1.82, 2.24) is 4.98 Å². The summed E-state index contributed by atoms with van der Waals surface area (Å²) in [6.07, 6.45) is 1.46. The smallest absolute Gasteiger partial charge is 0.124 e. The summed E-state index contributed by atoms with van der Waals surface area (Å²) in [7, 11) is 0. The minimum absolute atomic E-state index is 0.342. The van der Waals surface area contributed by atoms with Crippen LogP contribution < -0.4 is 5.73 Å². The van der Waals surface area contributed by atoms with E-state index in [9.17, 15) is 0 Å². The van der Waals surface area contributed by atoms with Gasteiger partial charge in [0.25, 0.3) is 0 Å². The summed E-state index contributed by atoms with van der Waals surface area (Å²) in [6, 6.07) is 3.43. The predicted molar refractivity (Wildman–Crippen MR) is 40.6 cm³/mol. The molecule has 0 aliphatic carbocycles. The second kappa shape index (κ2) is 2.58. The van der Waals surface area contributed by atoms with Crippen molar-refractivity contribution in [2.75, 3.05) is 5.73 Å². The van der Waals surface area contributed by atoms with Gasteiger partial charge in [-0.15, -0.1) is 12.6 Å². The van der Waals surface area contributed by atoms with E-state index in [1.165, 1.54) is 12.3 Å². The Morgan fingerprint density at radius 3 is 2.90 bits per heavy atom. The minimum atomic E-state index is 0.342. The molecule has 2 N–H and O–H groups in total. The molecule has 1 aromatic rings. The van der Waals surface area contributed by atoms with Crippen molar-refractivity contribution < 1.29 is 0 Å². The molecule has 0 radical (unpaired) electrons. The van der Waals surface area contributed by atoms with Crippen LogP contribution >= 0.6 is 12.6 Å². The van der Waals surface area contributed by atoms with Crippen LogP contribution in [0.4, 0.5) is 5.82 Å². The van der Waals surface area contributed by atoms with E-state index in [2.05, 4.69) is 17.6 Å². The van der Waals surface area contributed by atoms with Gasteiger partial charge in [0.1, 0.15) is 11.9 Å². The van der Waals surface area contributed by atoms with Crippen LogP contribution in [0.2, 0.25) is 0 Å². The molecule has 0 spiro atoms. The summed E-state index contributed by atoms with van der Waals surface area (Å²) in [5.74, 6) is 0.342. The third-order valence-electron chi connectivity index (χ3n) is 1.02. The van der Waals surface area contributed by atoms with Crippen molar-refractivity contribution in [1.29, 1.82) is 5.26 Å². The van der Waals surface area contributed by atoms with Crippen LogP contribution in [0.1, 0.15) is 5.56 Å². The fraction of sp³-hybridized carbons (Fsp3) is 0. The number of pyridine rings is 1. The number of anilines is 1. The second-order valence-corrected chi connectivity index (χ2v) is 2.22. The van der Waals surface area contributed by atoms with Crippen LogP contribution in [0.5, 0.6) is 0 Å². The summed E-state index contributed by atoms with van der Waals surface area (Å²) < 4.78 is 0. The SMILES string of the molecule is N#Cc1cc(N)ncc1S. The van der Waals surface area contributed by atoms with Crippen LogP contribution in [0.3, 0.4) is 0 Å². The van der Waals surface area contributed by atoms with E-state index in [0.717, 1.165) is 0 Å². The highest BCUT2D eigenvalue weighted by atomic mass is 32.1. The van der Waals surface area contributed by atoms with Crippen LogP contribution in [0.25, 0.3) is 0 Å². The number of nitrogens with two attached hydrogens (primary N) is 1. The molecule has 1 aromatic heterocycles. The Morgan fingerprint density at radius 2 is 2.40 bits per heavy atom. The lowest BCUT2D eigenvalue weighted by Crippen LogP contribution is -1.90. The van der Waals surface area contributed by atoms with E-state index in [1.54, 1.807) is 0 Å². The normalized spacial score (nSPS) is 8.80. The Balaban J connectivity index is 3.25. The van der Waals surface area contributed by atoms with Crippen molar-refractivity contribution in [3.63, 3.8) is 0 Å². The average Bonchev–Trinajstić information content (AvgIpc) is 1.94. The molecule has 0 unspecified atom stereocenters. The molecule has 0 bridgehead atoms. The number of hydrogen-bond donors (Lipinski definition) is 2. The largest absolute Gasteiger partial charge is 0.384 e. The molecular weight excluding hydrogens is 146 g/mol. The molecule has 3 nitrogen and oxygen atoms in total. The third kappa shape index (κ3) is 1.20. The Labute approximate surface area is 63.9 Å². The number of aromatic nitrogens is 1. The molecule has 10 heavy (non-hydrogen) atoms. The maximum atomic E-state index is 8.46. The fourth-order valence-corrected chi connectivity index (χ4v) is 0.726. The predicted octanol–water partition coefficient (Wildman–Crippen LogP) is 0.824. The highest BCUT2D eigenvalue weighted by molar-refractivity contribution is 7.80. The molecule has 0 saturated carbocycles. The first-order valence-electron chi connectivity index (χ1n) is 2.58. The molecule has 4 heteroatoms. The van der Waals surface area contributed by atoms with E-state index in [-0.39, 0.29) is 0 Å². The number of hydrogen-bond acceptors (Lipinski definition) is 4. The molecule has 0 amide bonds. The van der Waals surface area contributed by atoms with Crippen LogP contribution in [-0.4, -0.2) is 4.98 Å². The summed E-state index contributed by atoms with van der Waals surface area (Å²) >= 11 is 3.98. The summed E-state index contributed by atoms with van der Waals surface area (Å²) in [4.78, 5) is 4.29. The lowest BCUT2D eigenvalue weighted by atomic mass is 10.3. The van der Waals surface area contributed by atoms with Crippen molar-refractivity contribution in [3.05, 3.63) is 17.8 Å². The number of nitrogens with zero attached hydrogens (tertiary/aromatic N) is 2. The van der Waals surface area contributed by atoms with E-state index in [4.69, 9.17) is 11.0 Å². The quantitative estimate of drug-likeness (QED) is 0.540. The Bertz CT molecular complexity index is 290. The number of thiol groups is 1. The molecule has 1 rings (SSSR count). The first kappa shape index (κ1) is 6.90. The van der Waals surface area contributed by atoms with Crippen LogP contribution in [0.15, 0.2) is 17.2 Å². The maximum Gasteiger partial charge on any atom is 0.124 e. The Morgan fingerprint density at radius 1 is 1.70 bits per heavy atom. The number of nitrogen functional groups attached to an aromatic ring is 1. The lowest BCUT2D eigenvalue weighted by Gasteiger charge is -1.94. The zero-order chi connectivity index (χ0) is 7.56. The van der Waals surface area contributed by atoms with Gasteiger partial charge in [-0.2, -0.15) is 5.26 Å². The minimum Gasteiger partial charge on any atom is -0.384 e. The van der Waals surface area contributed by atoms with Crippen molar-refractivity contribution in [3.8, 4) is 6.07 Å². The van der Waals surface area contributed by atoms with Gasteiger partial charge in [-0.1, -0.05) is 0 Å². The van der Waals surface area contributed by atoms with E-state index in [0.29, 0.717) is 16.3 Å². The highest BCUT2D eigenvalue weighted by Gasteiger charge is 1.96. The third-order valence-corrected chi connectivity index (χ3v) is 1.38. The van der Waals surface area contributed by atoms with Gasteiger partial charge < -0.3 is 5.73 Å². The van der Waals surface area contributed by atoms with Gasteiger partial charge in [-0.05, 0) is 6.07 Å². The van der Waals surface area contributed by atoms with Gasteiger partial charge >= 0.3 is 0 Å². The number of nitriles is 1. The zero-order valence-corrected chi connectivity index (χ0v) is 5.97. The van der Waals surface area contributed by atoms with Crippen molar-refractivity contribution in [2.45, 2.75) is 4.90 Å².